The van der Waals surface area contributed by atoms with Crippen molar-refractivity contribution in [2.24, 2.45) is 0 Å². The molecule has 0 bridgehead atoms. The third-order valence-electron chi connectivity index (χ3n) is 5.00. The summed E-state index contributed by atoms with van der Waals surface area (Å²) in [5, 5.41) is 3.31. The SMILES string of the molecule is COc1cccc(CCNc2ccc(C(=O)N3CCc4ccccc43)cn2)c1. The summed E-state index contributed by atoms with van der Waals surface area (Å²) in [4.78, 5) is 19.1. The number of anilines is 2. The summed E-state index contributed by atoms with van der Waals surface area (Å²) in [7, 11) is 1.67. The van der Waals surface area contributed by atoms with Gasteiger partial charge in [-0.15, -0.1) is 0 Å². The largest absolute Gasteiger partial charge is 0.497 e. The number of carbonyl (C=O) groups is 1. The van der Waals surface area contributed by atoms with Crippen LogP contribution in [0.4, 0.5) is 11.5 Å². The van der Waals surface area contributed by atoms with Gasteiger partial charge in [-0.3, -0.25) is 4.79 Å². The lowest BCUT2D eigenvalue weighted by atomic mass is 10.1. The Kier molecular flexibility index (Phi) is 5.24. The summed E-state index contributed by atoms with van der Waals surface area (Å²) >= 11 is 0. The highest BCUT2D eigenvalue weighted by Gasteiger charge is 2.25. The molecule has 1 aromatic heterocycles. The van der Waals surface area contributed by atoms with E-state index in [0.717, 1.165) is 43.2 Å². The third kappa shape index (κ3) is 3.83. The van der Waals surface area contributed by atoms with Crippen molar-refractivity contribution in [2.75, 3.05) is 30.4 Å². The first kappa shape index (κ1) is 18.0. The number of nitrogens with zero attached hydrogens (tertiary/aromatic N) is 2. The van der Waals surface area contributed by atoms with Gasteiger partial charge in [0.1, 0.15) is 11.6 Å². The number of ether oxygens (including phenoxy) is 1. The summed E-state index contributed by atoms with van der Waals surface area (Å²) in [6, 6.07) is 19.8. The highest BCUT2D eigenvalue weighted by molar-refractivity contribution is 6.07. The normalized spacial score (nSPS) is 12.5. The van der Waals surface area contributed by atoms with Gasteiger partial charge in [-0.1, -0.05) is 30.3 Å². The van der Waals surface area contributed by atoms with E-state index >= 15 is 0 Å². The number of methoxy groups -OCH3 is 1. The Morgan fingerprint density at radius 3 is 2.86 bits per heavy atom. The van der Waals surface area contributed by atoms with Crippen LogP contribution >= 0.6 is 0 Å². The number of rotatable bonds is 6. The molecular formula is C23H23N3O2. The fourth-order valence-electron chi connectivity index (χ4n) is 3.49. The van der Waals surface area contributed by atoms with Crippen molar-refractivity contribution in [2.45, 2.75) is 12.8 Å². The zero-order valence-electron chi connectivity index (χ0n) is 15.9. The van der Waals surface area contributed by atoms with E-state index in [4.69, 9.17) is 4.74 Å². The van der Waals surface area contributed by atoms with Crippen molar-refractivity contribution in [3.8, 4) is 5.75 Å². The van der Waals surface area contributed by atoms with Crippen LogP contribution in [0.3, 0.4) is 0 Å². The number of fused-ring (bicyclic) bond motifs is 1. The van der Waals surface area contributed by atoms with Gasteiger partial charge in [-0.25, -0.2) is 4.98 Å². The van der Waals surface area contributed by atoms with Crippen LogP contribution in [0.1, 0.15) is 21.5 Å². The second-order valence-electron chi connectivity index (χ2n) is 6.80. The number of nitrogens with one attached hydrogen (secondary N) is 1. The van der Waals surface area contributed by atoms with E-state index in [1.807, 2.05) is 53.4 Å². The molecule has 0 spiro atoms. The summed E-state index contributed by atoms with van der Waals surface area (Å²) in [5.74, 6) is 1.63. The Labute approximate surface area is 165 Å². The van der Waals surface area contributed by atoms with Crippen LogP contribution in [0, 0.1) is 0 Å². The van der Waals surface area contributed by atoms with Gasteiger partial charge in [-0.05, 0) is 54.3 Å². The van der Waals surface area contributed by atoms with Gasteiger partial charge >= 0.3 is 0 Å². The van der Waals surface area contributed by atoms with Crippen molar-refractivity contribution >= 4 is 17.4 Å². The Balaban J connectivity index is 1.35. The van der Waals surface area contributed by atoms with E-state index in [0.29, 0.717) is 5.56 Å². The fraction of sp³-hybridized carbons (Fsp3) is 0.217. The fourth-order valence-corrected chi connectivity index (χ4v) is 3.49. The quantitative estimate of drug-likeness (QED) is 0.711. The molecule has 1 aliphatic rings. The highest BCUT2D eigenvalue weighted by Crippen LogP contribution is 2.28. The predicted molar refractivity (Wildman–Crippen MR) is 111 cm³/mol. The van der Waals surface area contributed by atoms with Crippen LogP contribution < -0.4 is 15.0 Å². The van der Waals surface area contributed by atoms with Crippen molar-refractivity contribution in [3.63, 3.8) is 0 Å². The smallest absolute Gasteiger partial charge is 0.259 e. The summed E-state index contributed by atoms with van der Waals surface area (Å²) in [5.41, 5.74) is 4.04. The highest BCUT2D eigenvalue weighted by atomic mass is 16.5. The maximum Gasteiger partial charge on any atom is 0.259 e. The second-order valence-corrected chi connectivity index (χ2v) is 6.80. The minimum Gasteiger partial charge on any atom is -0.497 e. The summed E-state index contributed by atoms with van der Waals surface area (Å²) in [6.45, 7) is 1.48. The predicted octanol–water partition coefficient (Wildman–Crippen LogP) is 3.95. The molecule has 5 heteroatoms. The van der Waals surface area contributed by atoms with Crippen molar-refractivity contribution in [1.82, 2.24) is 4.98 Å². The standard InChI is InChI=1S/C23H23N3O2/c1-28-20-7-4-5-17(15-20)11-13-24-22-10-9-19(16-25-22)23(27)26-14-12-18-6-2-3-8-21(18)26/h2-10,15-16H,11-14H2,1H3,(H,24,25). The summed E-state index contributed by atoms with van der Waals surface area (Å²) < 4.78 is 5.25. The first-order valence-electron chi connectivity index (χ1n) is 9.47. The number of hydrogen-bond acceptors (Lipinski definition) is 4. The molecule has 2 aromatic carbocycles. The maximum atomic E-state index is 12.8. The van der Waals surface area contributed by atoms with Crippen LogP contribution in [0.25, 0.3) is 0 Å². The van der Waals surface area contributed by atoms with Gasteiger partial charge in [0.05, 0.1) is 12.7 Å². The lowest BCUT2D eigenvalue weighted by Crippen LogP contribution is -2.28. The zero-order chi connectivity index (χ0) is 19.3. The molecule has 0 saturated heterocycles. The molecule has 5 nitrogen and oxygen atoms in total. The van der Waals surface area contributed by atoms with E-state index in [2.05, 4.69) is 22.4 Å². The van der Waals surface area contributed by atoms with E-state index in [-0.39, 0.29) is 5.91 Å². The molecule has 142 valence electrons. The molecule has 0 fully saturated rings. The number of carbonyl (C=O) groups excluding carboxylic acids is 1. The Bertz CT molecular complexity index is 970. The van der Waals surface area contributed by atoms with Crippen LogP contribution in [-0.2, 0) is 12.8 Å². The van der Waals surface area contributed by atoms with Gasteiger partial charge < -0.3 is 15.0 Å². The zero-order valence-corrected chi connectivity index (χ0v) is 15.9. The average Bonchev–Trinajstić information content (AvgIpc) is 3.18. The van der Waals surface area contributed by atoms with Gasteiger partial charge in [0.2, 0.25) is 0 Å². The maximum absolute atomic E-state index is 12.8. The van der Waals surface area contributed by atoms with Crippen LogP contribution in [0.2, 0.25) is 0 Å². The van der Waals surface area contributed by atoms with Gasteiger partial charge in [0.15, 0.2) is 0 Å². The molecule has 0 aliphatic carbocycles. The molecule has 28 heavy (non-hydrogen) atoms. The molecule has 1 aliphatic heterocycles. The van der Waals surface area contributed by atoms with E-state index in [1.165, 1.54) is 11.1 Å². The van der Waals surface area contributed by atoms with E-state index in [1.54, 1.807) is 13.3 Å². The number of benzene rings is 2. The molecule has 2 heterocycles. The van der Waals surface area contributed by atoms with E-state index < -0.39 is 0 Å². The number of aromatic nitrogens is 1. The molecule has 0 unspecified atom stereocenters. The molecule has 1 N–H and O–H groups in total. The first-order chi connectivity index (χ1) is 13.7. The average molecular weight is 373 g/mol. The molecular weight excluding hydrogens is 350 g/mol. The van der Waals surface area contributed by atoms with Crippen LogP contribution in [0.15, 0.2) is 66.9 Å². The molecule has 0 saturated carbocycles. The minimum absolute atomic E-state index is 0.000352. The number of amides is 1. The summed E-state index contributed by atoms with van der Waals surface area (Å²) in [6.07, 6.45) is 3.42. The van der Waals surface area contributed by atoms with Crippen LogP contribution in [0.5, 0.6) is 5.75 Å². The van der Waals surface area contributed by atoms with Crippen molar-refractivity contribution < 1.29 is 9.53 Å². The lowest BCUT2D eigenvalue weighted by molar-refractivity contribution is 0.0989. The Morgan fingerprint density at radius 2 is 2.04 bits per heavy atom. The first-order valence-corrected chi connectivity index (χ1v) is 9.47. The minimum atomic E-state index is 0.000352. The topological polar surface area (TPSA) is 54.5 Å². The van der Waals surface area contributed by atoms with Crippen molar-refractivity contribution in [1.29, 1.82) is 0 Å². The monoisotopic (exact) mass is 373 g/mol. The Hall–Kier alpha value is -3.34. The molecule has 0 radical (unpaired) electrons. The lowest BCUT2D eigenvalue weighted by Gasteiger charge is -2.17. The number of pyridine rings is 1. The van der Waals surface area contributed by atoms with Gasteiger partial charge in [0.25, 0.3) is 5.91 Å². The van der Waals surface area contributed by atoms with E-state index in [9.17, 15) is 4.79 Å². The molecule has 0 atom stereocenters. The second kappa shape index (κ2) is 8.13. The van der Waals surface area contributed by atoms with Gasteiger partial charge in [-0.2, -0.15) is 0 Å². The molecule has 1 amide bonds. The molecule has 4 rings (SSSR count). The van der Waals surface area contributed by atoms with Gasteiger partial charge in [0, 0.05) is 25.0 Å². The number of para-hydroxylation sites is 1. The van der Waals surface area contributed by atoms with Crippen LogP contribution in [-0.4, -0.2) is 31.1 Å². The third-order valence-corrected chi connectivity index (χ3v) is 5.00. The van der Waals surface area contributed by atoms with Crippen molar-refractivity contribution in [3.05, 3.63) is 83.6 Å². The number of hydrogen-bond donors (Lipinski definition) is 1. The Morgan fingerprint density at radius 1 is 1.14 bits per heavy atom. The molecule has 3 aromatic rings.